The van der Waals surface area contributed by atoms with Gasteiger partial charge in [0.15, 0.2) is 0 Å². The van der Waals surface area contributed by atoms with Crippen molar-refractivity contribution >= 4 is 11.9 Å². The molecule has 0 unspecified atom stereocenters. The van der Waals surface area contributed by atoms with E-state index in [0.29, 0.717) is 5.56 Å². The third-order valence-corrected chi connectivity index (χ3v) is 3.72. The van der Waals surface area contributed by atoms with Crippen molar-refractivity contribution in [3.8, 4) is 16.9 Å². The summed E-state index contributed by atoms with van der Waals surface area (Å²) in [6.45, 7) is 0. The Morgan fingerprint density at radius 3 is 1.96 bits per heavy atom. The summed E-state index contributed by atoms with van der Waals surface area (Å²) in [6, 6.07) is 23.5. The maximum atomic E-state index is 12.4. The van der Waals surface area contributed by atoms with Crippen molar-refractivity contribution in [2.45, 2.75) is 0 Å². The number of benzene rings is 3. The number of carbonyl (C=O) groups is 2. The van der Waals surface area contributed by atoms with E-state index in [1.165, 1.54) is 7.11 Å². The van der Waals surface area contributed by atoms with Gasteiger partial charge in [-0.3, -0.25) is 0 Å². The summed E-state index contributed by atoms with van der Waals surface area (Å²) in [7, 11) is 1.28. The number of hydrogen-bond donors (Lipinski definition) is 0. The molecule has 25 heavy (non-hydrogen) atoms. The molecule has 0 aliphatic rings. The predicted octanol–water partition coefficient (Wildman–Crippen LogP) is 4.36. The minimum Gasteiger partial charge on any atom is -0.465 e. The topological polar surface area (TPSA) is 52.6 Å². The number of rotatable bonds is 4. The Balaban J connectivity index is 1.80. The zero-order valence-electron chi connectivity index (χ0n) is 13.6. The summed E-state index contributed by atoms with van der Waals surface area (Å²) < 4.78 is 10.1. The van der Waals surface area contributed by atoms with E-state index in [1.807, 2.05) is 42.5 Å². The van der Waals surface area contributed by atoms with Gasteiger partial charge in [0.05, 0.1) is 12.7 Å². The molecule has 3 aromatic carbocycles. The highest BCUT2D eigenvalue weighted by Crippen LogP contribution is 2.22. The van der Waals surface area contributed by atoms with E-state index in [2.05, 4.69) is 0 Å². The molecule has 0 aliphatic carbocycles. The van der Waals surface area contributed by atoms with Crippen LogP contribution in [0.15, 0.2) is 78.9 Å². The summed E-state index contributed by atoms with van der Waals surface area (Å²) in [6.07, 6.45) is 0. The first kappa shape index (κ1) is 16.5. The molecule has 3 rings (SSSR count). The van der Waals surface area contributed by atoms with Crippen LogP contribution in [-0.2, 0) is 4.74 Å². The average molecular weight is 332 g/mol. The molecule has 0 atom stereocenters. The van der Waals surface area contributed by atoms with Crippen LogP contribution >= 0.6 is 0 Å². The molecule has 4 nitrogen and oxygen atoms in total. The van der Waals surface area contributed by atoms with Gasteiger partial charge in [-0.15, -0.1) is 0 Å². The van der Waals surface area contributed by atoms with E-state index in [1.54, 1.807) is 36.4 Å². The highest BCUT2D eigenvalue weighted by molar-refractivity contribution is 5.96. The van der Waals surface area contributed by atoms with Crippen LogP contribution in [0.4, 0.5) is 0 Å². The molecule has 124 valence electrons. The molecule has 3 aromatic rings. The molecule has 0 spiro atoms. The van der Waals surface area contributed by atoms with Gasteiger partial charge in [-0.1, -0.05) is 54.6 Å². The van der Waals surface area contributed by atoms with E-state index in [-0.39, 0.29) is 11.3 Å². The highest BCUT2D eigenvalue weighted by Gasteiger charge is 2.16. The van der Waals surface area contributed by atoms with E-state index in [4.69, 9.17) is 9.47 Å². The van der Waals surface area contributed by atoms with Crippen LogP contribution in [0.2, 0.25) is 0 Å². The van der Waals surface area contributed by atoms with Gasteiger partial charge in [-0.05, 0) is 35.4 Å². The molecule has 0 amide bonds. The Hall–Kier alpha value is -3.40. The monoisotopic (exact) mass is 332 g/mol. The van der Waals surface area contributed by atoms with E-state index in [9.17, 15) is 9.59 Å². The zero-order valence-corrected chi connectivity index (χ0v) is 13.6. The van der Waals surface area contributed by atoms with Gasteiger partial charge >= 0.3 is 11.9 Å². The Morgan fingerprint density at radius 2 is 1.28 bits per heavy atom. The lowest BCUT2D eigenvalue weighted by atomic mass is 10.0. The predicted molar refractivity (Wildman–Crippen MR) is 94.6 cm³/mol. The van der Waals surface area contributed by atoms with Crippen molar-refractivity contribution < 1.29 is 19.1 Å². The van der Waals surface area contributed by atoms with Crippen LogP contribution in [0.3, 0.4) is 0 Å². The molecular weight excluding hydrogens is 316 g/mol. The van der Waals surface area contributed by atoms with Crippen molar-refractivity contribution in [3.63, 3.8) is 0 Å². The first-order valence-corrected chi connectivity index (χ1v) is 7.74. The molecule has 0 aromatic heterocycles. The second-order valence-electron chi connectivity index (χ2n) is 5.32. The van der Waals surface area contributed by atoms with Gasteiger partial charge in [-0.25, -0.2) is 9.59 Å². The van der Waals surface area contributed by atoms with Crippen LogP contribution in [0, 0.1) is 0 Å². The summed E-state index contributed by atoms with van der Waals surface area (Å²) in [5, 5.41) is 0. The van der Waals surface area contributed by atoms with Gasteiger partial charge in [0, 0.05) is 0 Å². The summed E-state index contributed by atoms with van der Waals surface area (Å²) >= 11 is 0. The molecule has 0 fully saturated rings. The van der Waals surface area contributed by atoms with Gasteiger partial charge in [0.1, 0.15) is 11.3 Å². The van der Waals surface area contributed by atoms with Gasteiger partial charge in [-0.2, -0.15) is 0 Å². The van der Waals surface area contributed by atoms with Crippen LogP contribution in [0.25, 0.3) is 11.1 Å². The minimum absolute atomic E-state index is 0.173. The number of hydrogen-bond acceptors (Lipinski definition) is 4. The molecule has 4 heteroatoms. The number of esters is 2. The molecule has 0 bridgehead atoms. The van der Waals surface area contributed by atoms with E-state index >= 15 is 0 Å². The maximum absolute atomic E-state index is 12.4. The Labute approximate surface area is 145 Å². The Bertz CT molecular complexity index is 883. The average Bonchev–Trinajstić information content (AvgIpc) is 2.68. The van der Waals surface area contributed by atoms with E-state index < -0.39 is 11.9 Å². The molecule has 0 saturated carbocycles. The van der Waals surface area contributed by atoms with Crippen LogP contribution in [-0.4, -0.2) is 19.0 Å². The lowest BCUT2D eigenvalue weighted by Gasteiger charge is -2.09. The first-order chi connectivity index (χ1) is 12.2. The molecule has 0 N–H and O–H groups in total. The lowest BCUT2D eigenvalue weighted by molar-refractivity contribution is 0.0593. The fraction of sp³-hybridized carbons (Fsp3) is 0.0476. The standard InChI is InChI=1S/C21H16O4/c1-24-21(23)18-9-5-6-10-19(18)25-20(22)17-13-11-16(12-14-17)15-7-3-2-4-8-15/h2-14H,1H3. The second kappa shape index (κ2) is 7.45. The largest absolute Gasteiger partial charge is 0.465 e. The van der Waals surface area contributed by atoms with Gasteiger partial charge in [0.25, 0.3) is 0 Å². The summed E-state index contributed by atoms with van der Waals surface area (Å²) in [5.74, 6) is -0.912. The number of ether oxygens (including phenoxy) is 2. The second-order valence-corrected chi connectivity index (χ2v) is 5.32. The normalized spacial score (nSPS) is 10.1. The lowest BCUT2D eigenvalue weighted by Crippen LogP contribution is -2.12. The number of carbonyl (C=O) groups excluding carboxylic acids is 2. The smallest absolute Gasteiger partial charge is 0.343 e. The number of para-hydroxylation sites is 1. The minimum atomic E-state index is -0.553. The van der Waals surface area contributed by atoms with Crippen molar-refractivity contribution in [1.29, 1.82) is 0 Å². The van der Waals surface area contributed by atoms with Crippen LogP contribution in [0.5, 0.6) is 5.75 Å². The first-order valence-electron chi connectivity index (χ1n) is 7.74. The zero-order chi connectivity index (χ0) is 17.6. The fourth-order valence-corrected chi connectivity index (χ4v) is 2.42. The molecular formula is C21H16O4. The van der Waals surface area contributed by atoms with E-state index in [0.717, 1.165) is 11.1 Å². The Kier molecular flexibility index (Phi) is 4.90. The van der Waals surface area contributed by atoms with Crippen molar-refractivity contribution in [3.05, 3.63) is 90.0 Å². The number of methoxy groups -OCH3 is 1. The van der Waals surface area contributed by atoms with Crippen molar-refractivity contribution in [2.75, 3.05) is 7.11 Å². The summed E-state index contributed by atoms with van der Waals surface area (Å²) in [5.41, 5.74) is 2.68. The molecule has 0 saturated heterocycles. The third kappa shape index (κ3) is 3.75. The van der Waals surface area contributed by atoms with Crippen molar-refractivity contribution in [2.24, 2.45) is 0 Å². The quantitative estimate of drug-likeness (QED) is 0.526. The van der Waals surface area contributed by atoms with Gasteiger partial charge in [0.2, 0.25) is 0 Å². The highest BCUT2D eigenvalue weighted by atomic mass is 16.5. The fourth-order valence-electron chi connectivity index (χ4n) is 2.42. The molecule has 0 aliphatic heterocycles. The Morgan fingerprint density at radius 1 is 0.680 bits per heavy atom. The molecule has 0 heterocycles. The van der Waals surface area contributed by atoms with Gasteiger partial charge < -0.3 is 9.47 Å². The third-order valence-electron chi connectivity index (χ3n) is 3.72. The van der Waals surface area contributed by atoms with Crippen LogP contribution in [0.1, 0.15) is 20.7 Å². The summed E-state index contributed by atoms with van der Waals surface area (Å²) in [4.78, 5) is 24.1. The van der Waals surface area contributed by atoms with Crippen LogP contribution < -0.4 is 4.74 Å². The SMILES string of the molecule is COC(=O)c1ccccc1OC(=O)c1ccc(-c2ccccc2)cc1. The molecule has 0 radical (unpaired) electrons. The maximum Gasteiger partial charge on any atom is 0.343 e. The van der Waals surface area contributed by atoms with Crippen molar-refractivity contribution in [1.82, 2.24) is 0 Å².